The number of benzene rings is 2. The summed E-state index contributed by atoms with van der Waals surface area (Å²) in [5.41, 5.74) is 0.630. The van der Waals surface area contributed by atoms with Crippen molar-refractivity contribution < 1.29 is 27.5 Å². The summed E-state index contributed by atoms with van der Waals surface area (Å²) in [4.78, 5) is 15.2. The third-order valence-electron chi connectivity index (χ3n) is 3.37. The molecule has 0 unspecified atom stereocenters. The second-order valence-corrected chi connectivity index (χ2v) is 5.00. The average molecular weight is 333 g/mol. The molecule has 7 heteroatoms. The highest BCUT2D eigenvalue weighted by molar-refractivity contribution is 5.89. The molecule has 0 radical (unpaired) electrons. The van der Waals surface area contributed by atoms with Gasteiger partial charge in [-0.1, -0.05) is 18.2 Å². The maximum atomic E-state index is 12.6. The van der Waals surface area contributed by atoms with Gasteiger partial charge in [0.2, 0.25) is 5.89 Å². The van der Waals surface area contributed by atoms with Crippen LogP contribution in [0.3, 0.4) is 0 Å². The van der Waals surface area contributed by atoms with Gasteiger partial charge < -0.3 is 9.52 Å². The molecule has 1 aromatic heterocycles. The topological polar surface area (TPSA) is 63.3 Å². The van der Waals surface area contributed by atoms with Gasteiger partial charge in [0.15, 0.2) is 0 Å². The minimum atomic E-state index is -4.40. The van der Waals surface area contributed by atoms with Crippen LogP contribution in [0.2, 0.25) is 0 Å². The Hall–Kier alpha value is -3.09. The Morgan fingerprint density at radius 2 is 1.75 bits per heavy atom. The lowest BCUT2D eigenvalue weighted by Gasteiger charge is -2.06. The molecule has 0 saturated heterocycles. The number of carbonyl (C=O) groups is 1. The van der Waals surface area contributed by atoms with E-state index in [1.165, 1.54) is 30.5 Å². The fraction of sp³-hybridized carbons (Fsp3) is 0.0588. The van der Waals surface area contributed by atoms with Crippen LogP contribution in [0.4, 0.5) is 13.2 Å². The first-order chi connectivity index (χ1) is 11.3. The van der Waals surface area contributed by atoms with E-state index < -0.39 is 17.7 Å². The summed E-state index contributed by atoms with van der Waals surface area (Å²) in [6.07, 6.45) is -3.09. The van der Waals surface area contributed by atoms with Crippen molar-refractivity contribution in [1.82, 2.24) is 4.98 Å². The van der Waals surface area contributed by atoms with Crippen LogP contribution in [-0.4, -0.2) is 16.1 Å². The van der Waals surface area contributed by atoms with Gasteiger partial charge in [-0.15, -0.1) is 0 Å². The molecule has 0 aliphatic heterocycles. The molecule has 3 rings (SSSR count). The first kappa shape index (κ1) is 15.8. The first-order valence-electron chi connectivity index (χ1n) is 6.81. The zero-order valence-corrected chi connectivity index (χ0v) is 12.0. The number of carboxylic acid groups (broad SMARTS) is 1. The van der Waals surface area contributed by atoms with E-state index in [9.17, 15) is 18.0 Å². The molecule has 0 aliphatic rings. The summed E-state index contributed by atoms with van der Waals surface area (Å²) >= 11 is 0. The van der Waals surface area contributed by atoms with E-state index in [1.807, 2.05) is 0 Å². The molecule has 2 aromatic carbocycles. The van der Waals surface area contributed by atoms with Crippen molar-refractivity contribution >= 4 is 5.97 Å². The molecule has 0 spiro atoms. The van der Waals surface area contributed by atoms with Crippen LogP contribution in [-0.2, 0) is 6.18 Å². The van der Waals surface area contributed by atoms with Crippen LogP contribution in [0, 0.1) is 0 Å². The van der Waals surface area contributed by atoms with Crippen LogP contribution in [0.1, 0.15) is 15.9 Å². The van der Waals surface area contributed by atoms with Crippen LogP contribution < -0.4 is 0 Å². The highest BCUT2D eigenvalue weighted by Crippen LogP contribution is 2.31. The van der Waals surface area contributed by atoms with Gasteiger partial charge in [-0.05, 0) is 30.3 Å². The third kappa shape index (κ3) is 3.15. The summed E-state index contributed by atoms with van der Waals surface area (Å²) in [6, 6.07) is 10.6. The SMILES string of the molecule is O=C(O)c1cccc(-c2nc(-c3ccc(C(F)(F)F)cc3)co2)c1. The quantitative estimate of drug-likeness (QED) is 0.753. The molecule has 4 nitrogen and oxygen atoms in total. The van der Waals surface area contributed by atoms with Crippen molar-refractivity contribution in [2.45, 2.75) is 6.18 Å². The van der Waals surface area contributed by atoms with Gasteiger partial charge in [-0.3, -0.25) is 0 Å². The molecule has 1 N–H and O–H groups in total. The van der Waals surface area contributed by atoms with Crippen LogP contribution in [0.15, 0.2) is 59.2 Å². The normalized spacial score (nSPS) is 11.5. The van der Waals surface area contributed by atoms with Crippen molar-refractivity contribution in [2.75, 3.05) is 0 Å². The van der Waals surface area contributed by atoms with Gasteiger partial charge in [-0.2, -0.15) is 13.2 Å². The van der Waals surface area contributed by atoms with E-state index in [0.29, 0.717) is 16.8 Å². The molecule has 0 fully saturated rings. The van der Waals surface area contributed by atoms with Gasteiger partial charge >= 0.3 is 12.1 Å². The lowest BCUT2D eigenvalue weighted by molar-refractivity contribution is -0.137. The van der Waals surface area contributed by atoms with Crippen molar-refractivity contribution in [3.63, 3.8) is 0 Å². The molecule has 0 aliphatic carbocycles. The number of oxazole rings is 1. The predicted molar refractivity (Wildman–Crippen MR) is 79.3 cm³/mol. The Labute approximate surface area is 134 Å². The molecule has 3 aromatic rings. The lowest BCUT2D eigenvalue weighted by atomic mass is 10.1. The molecule has 122 valence electrons. The monoisotopic (exact) mass is 333 g/mol. The van der Waals surface area contributed by atoms with Crippen LogP contribution in [0.5, 0.6) is 0 Å². The Kier molecular flexibility index (Phi) is 3.84. The molecular weight excluding hydrogens is 323 g/mol. The number of hydrogen-bond donors (Lipinski definition) is 1. The van der Waals surface area contributed by atoms with Gasteiger partial charge in [0.25, 0.3) is 0 Å². The fourth-order valence-electron chi connectivity index (χ4n) is 2.15. The molecule has 1 heterocycles. The Bertz CT molecular complexity index is 883. The molecule has 0 bridgehead atoms. The van der Waals surface area contributed by atoms with Crippen LogP contribution >= 0.6 is 0 Å². The van der Waals surface area contributed by atoms with Gasteiger partial charge in [0.05, 0.1) is 11.1 Å². The zero-order valence-electron chi connectivity index (χ0n) is 12.0. The molecule has 0 saturated carbocycles. The maximum Gasteiger partial charge on any atom is 0.416 e. The Balaban J connectivity index is 1.91. The minimum Gasteiger partial charge on any atom is -0.478 e. The molecular formula is C17H10F3NO3. The van der Waals surface area contributed by atoms with Gasteiger partial charge in [-0.25, -0.2) is 9.78 Å². The number of halogens is 3. The van der Waals surface area contributed by atoms with E-state index in [1.54, 1.807) is 12.1 Å². The summed E-state index contributed by atoms with van der Waals surface area (Å²) in [7, 11) is 0. The number of aromatic nitrogens is 1. The largest absolute Gasteiger partial charge is 0.478 e. The third-order valence-corrected chi connectivity index (χ3v) is 3.37. The smallest absolute Gasteiger partial charge is 0.416 e. The van der Waals surface area contributed by atoms with Crippen molar-refractivity contribution in [3.8, 4) is 22.7 Å². The average Bonchev–Trinajstić information content (AvgIpc) is 3.04. The Morgan fingerprint density at radius 1 is 1.04 bits per heavy atom. The number of alkyl halides is 3. The number of hydrogen-bond acceptors (Lipinski definition) is 3. The molecule has 0 amide bonds. The summed E-state index contributed by atoms with van der Waals surface area (Å²) in [6.45, 7) is 0. The number of aromatic carboxylic acids is 1. The first-order valence-corrected chi connectivity index (χ1v) is 6.81. The van der Waals surface area contributed by atoms with Crippen molar-refractivity contribution in [3.05, 3.63) is 65.9 Å². The minimum absolute atomic E-state index is 0.0850. The fourth-order valence-corrected chi connectivity index (χ4v) is 2.15. The van der Waals surface area contributed by atoms with Crippen molar-refractivity contribution in [2.24, 2.45) is 0 Å². The molecule has 0 atom stereocenters. The zero-order chi connectivity index (χ0) is 17.3. The number of rotatable bonds is 3. The second-order valence-electron chi connectivity index (χ2n) is 5.00. The highest BCUT2D eigenvalue weighted by Gasteiger charge is 2.30. The number of carboxylic acids is 1. The van der Waals surface area contributed by atoms with E-state index >= 15 is 0 Å². The van der Waals surface area contributed by atoms with Gasteiger partial charge in [0.1, 0.15) is 12.0 Å². The Morgan fingerprint density at radius 3 is 2.38 bits per heavy atom. The molecule has 24 heavy (non-hydrogen) atoms. The van der Waals surface area contributed by atoms with E-state index in [4.69, 9.17) is 9.52 Å². The number of nitrogens with zero attached hydrogens (tertiary/aromatic N) is 1. The summed E-state index contributed by atoms with van der Waals surface area (Å²) in [5.74, 6) is -0.889. The van der Waals surface area contributed by atoms with E-state index in [0.717, 1.165) is 12.1 Å². The lowest BCUT2D eigenvalue weighted by Crippen LogP contribution is -2.03. The summed E-state index contributed by atoms with van der Waals surface area (Å²) < 4.78 is 43.0. The van der Waals surface area contributed by atoms with E-state index in [2.05, 4.69) is 4.98 Å². The van der Waals surface area contributed by atoms with Crippen LogP contribution in [0.25, 0.3) is 22.7 Å². The highest BCUT2D eigenvalue weighted by atomic mass is 19.4. The maximum absolute atomic E-state index is 12.6. The van der Waals surface area contributed by atoms with Crippen molar-refractivity contribution in [1.29, 1.82) is 0 Å². The van der Waals surface area contributed by atoms with E-state index in [-0.39, 0.29) is 11.5 Å². The predicted octanol–water partition coefficient (Wildman–Crippen LogP) is 4.73. The standard InChI is InChI=1S/C17H10F3NO3/c18-17(19,20)13-6-4-10(5-7-13)14-9-24-15(21-14)11-2-1-3-12(8-11)16(22)23/h1-9H,(H,22,23). The van der Waals surface area contributed by atoms with Gasteiger partial charge in [0, 0.05) is 11.1 Å². The second kappa shape index (κ2) is 5.84. The summed E-state index contributed by atoms with van der Waals surface area (Å²) in [5, 5.41) is 8.99.